The van der Waals surface area contributed by atoms with Gasteiger partial charge >= 0.3 is 0 Å². The molecule has 0 aliphatic carbocycles. The molecule has 0 heterocycles. The standard InChI is InChI=1S/C14H8Br2F2/c15-11-5-1-9(2-6-11)13(17)14(18)10-3-7-12(16)8-4-10/h1-8H. The van der Waals surface area contributed by atoms with Gasteiger partial charge in [0.1, 0.15) is 0 Å². The Morgan fingerprint density at radius 3 is 1.17 bits per heavy atom. The van der Waals surface area contributed by atoms with Crippen LogP contribution in [0.5, 0.6) is 0 Å². The van der Waals surface area contributed by atoms with Crippen molar-refractivity contribution in [3.8, 4) is 0 Å². The van der Waals surface area contributed by atoms with E-state index in [1.165, 1.54) is 24.3 Å². The van der Waals surface area contributed by atoms with Gasteiger partial charge < -0.3 is 0 Å². The lowest BCUT2D eigenvalue weighted by atomic mass is 10.1. The van der Waals surface area contributed by atoms with E-state index in [-0.39, 0.29) is 11.1 Å². The van der Waals surface area contributed by atoms with Crippen LogP contribution in [0.4, 0.5) is 8.78 Å². The molecule has 0 bridgehead atoms. The molecule has 0 radical (unpaired) electrons. The third kappa shape index (κ3) is 3.06. The van der Waals surface area contributed by atoms with Gasteiger partial charge in [-0.3, -0.25) is 0 Å². The van der Waals surface area contributed by atoms with Gasteiger partial charge in [0, 0.05) is 20.1 Å². The summed E-state index contributed by atoms with van der Waals surface area (Å²) in [5.41, 5.74) is 0.442. The van der Waals surface area contributed by atoms with Crippen LogP contribution in [0.1, 0.15) is 11.1 Å². The second-order valence-corrected chi connectivity index (χ2v) is 5.47. The molecule has 0 nitrogen and oxygen atoms in total. The highest BCUT2D eigenvalue weighted by Crippen LogP contribution is 2.29. The summed E-state index contributed by atoms with van der Waals surface area (Å²) in [6.45, 7) is 0. The number of hydrogen-bond donors (Lipinski definition) is 0. The van der Waals surface area contributed by atoms with Crippen LogP contribution < -0.4 is 0 Å². The van der Waals surface area contributed by atoms with E-state index in [4.69, 9.17) is 0 Å². The molecule has 0 aromatic heterocycles. The molecule has 0 fully saturated rings. The van der Waals surface area contributed by atoms with Crippen molar-refractivity contribution in [3.63, 3.8) is 0 Å². The fourth-order valence-corrected chi connectivity index (χ4v) is 1.97. The highest BCUT2D eigenvalue weighted by molar-refractivity contribution is 9.10. The molecule has 0 aliphatic heterocycles. The minimum absolute atomic E-state index is 0.221. The maximum absolute atomic E-state index is 13.9. The van der Waals surface area contributed by atoms with E-state index < -0.39 is 11.7 Å². The van der Waals surface area contributed by atoms with Crippen LogP contribution in [0, 0.1) is 0 Å². The zero-order chi connectivity index (χ0) is 13.1. The molecule has 0 saturated carbocycles. The number of benzene rings is 2. The van der Waals surface area contributed by atoms with Crippen LogP contribution in [0.2, 0.25) is 0 Å². The normalized spacial score (nSPS) is 12.2. The SMILES string of the molecule is FC(=C(F)c1ccc(Br)cc1)c1ccc(Br)cc1. The van der Waals surface area contributed by atoms with Crippen molar-refractivity contribution in [2.75, 3.05) is 0 Å². The molecule has 2 aromatic rings. The minimum atomic E-state index is -0.857. The molecule has 2 aromatic carbocycles. The monoisotopic (exact) mass is 372 g/mol. The van der Waals surface area contributed by atoms with Gasteiger partial charge in [0.15, 0.2) is 11.7 Å². The molecule has 0 aliphatic rings. The van der Waals surface area contributed by atoms with Crippen LogP contribution in [0.15, 0.2) is 57.5 Å². The van der Waals surface area contributed by atoms with E-state index in [1.54, 1.807) is 24.3 Å². The lowest BCUT2D eigenvalue weighted by Crippen LogP contribution is -1.84. The molecule has 0 saturated heterocycles. The summed E-state index contributed by atoms with van der Waals surface area (Å²) in [5.74, 6) is -1.71. The second-order valence-electron chi connectivity index (χ2n) is 3.64. The molecule has 18 heavy (non-hydrogen) atoms. The van der Waals surface area contributed by atoms with Crippen LogP contribution >= 0.6 is 31.9 Å². The van der Waals surface area contributed by atoms with Gasteiger partial charge in [0.25, 0.3) is 0 Å². The topological polar surface area (TPSA) is 0 Å². The number of hydrogen-bond acceptors (Lipinski definition) is 0. The molecule has 0 spiro atoms. The van der Waals surface area contributed by atoms with Crippen LogP contribution in [0.3, 0.4) is 0 Å². The summed E-state index contributed by atoms with van der Waals surface area (Å²) >= 11 is 6.49. The van der Waals surface area contributed by atoms with E-state index >= 15 is 0 Å². The van der Waals surface area contributed by atoms with E-state index in [0.29, 0.717) is 0 Å². The van der Waals surface area contributed by atoms with Crippen molar-refractivity contribution >= 4 is 43.5 Å². The van der Waals surface area contributed by atoms with Gasteiger partial charge in [-0.15, -0.1) is 0 Å². The van der Waals surface area contributed by atoms with Crippen molar-refractivity contribution in [1.29, 1.82) is 0 Å². The summed E-state index contributed by atoms with van der Waals surface area (Å²) in [4.78, 5) is 0. The molecule has 0 unspecified atom stereocenters. The Kier molecular flexibility index (Phi) is 4.30. The van der Waals surface area contributed by atoms with Crippen molar-refractivity contribution in [1.82, 2.24) is 0 Å². The molecule has 4 heteroatoms. The third-order valence-corrected chi connectivity index (χ3v) is 3.45. The molecule has 2 rings (SSSR count). The Bertz CT molecular complexity index is 518. The van der Waals surface area contributed by atoms with Crippen molar-refractivity contribution in [3.05, 3.63) is 68.6 Å². The van der Waals surface area contributed by atoms with E-state index in [1.807, 2.05) is 0 Å². The minimum Gasteiger partial charge on any atom is -0.203 e. The molecule has 92 valence electrons. The predicted molar refractivity (Wildman–Crippen MR) is 77.3 cm³/mol. The Morgan fingerprint density at radius 1 is 0.611 bits per heavy atom. The zero-order valence-electron chi connectivity index (χ0n) is 9.13. The molecular weight excluding hydrogens is 366 g/mol. The van der Waals surface area contributed by atoms with Gasteiger partial charge in [-0.05, 0) is 24.3 Å². The summed E-state index contributed by atoms with van der Waals surface area (Å²) in [7, 11) is 0. The van der Waals surface area contributed by atoms with E-state index in [2.05, 4.69) is 31.9 Å². The highest BCUT2D eigenvalue weighted by atomic mass is 79.9. The Balaban J connectivity index is 2.40. The maximum Gasteiger partial charge on any atom is 0.166 e. The average Bonchev–Trinajstić information content (AvgIpc) is 2.39. The largest absolute Gasteiger partial charge is 0.203 e. The zero-order valence-corrected chi connectivity index (χ0v) is 12.3. The fourth-order valence-electron chi connectivity index (χ4n) is 1.45. The van der Waals surface area contributed by atoms with Gasteiger partial charge in [0.2, 0.25) is 0 Å². The van der Waals surface area contributed by atoms with Gasteiger partial charge in [-0.1, -0.05) is 56.1 Å². The Hall–Kier alpha value is -1.00. The van der Waals surface area contributed by atoms with Gasteiger partial charge in [-0.2, -0.15) is 0 Å². The molecule has 0 amide bonds. The first-order chi connectivity index (χ1) is 8.58. The predicted octanol–water partition coefficient (Wildman–Crippen LogP) is 5.98. The first-order valence-corrected chi connectivity index (χ1v) is 6.73. The Morgan fingerprint density at radius 2 is 0.889 bits per heavy atom. The highest BCUT2D eigenvalue weighted by Gasteiger charge is 2.11. The average molecular weight is 374 g/mol. The van der Waals surface area contributed by atoms with Crippen LogP contribution in [-0.4, -0.2) is 0 Å². The maximum atomic E-state index is 13.9. The van der Waals surface area contributed by atoms with Crippen molar-refractivity contribution in [2.45, 2.75) is 0 Å². The number of halogens is 4. The third-order valence-electron chi connectivity index (χ3n) is 2.39. The van der Waals surface area contributed by atoms with E-state index in [0.717, 1.165) is 8.95 Å². The molecule has 0 atom stereocenters. The summed E-state index contributed by atoms with van der Waals surface area (Å²) < 4.78 is 29.5. The lowest BCUT2D eigenvalue weighted by Gasteiger charge is -2.02. The molecular formula is C14H8Br2F2. The lowest BCUT2D eigenvalue weighted by molar-refractivity contribution is 0.700. The van der Waals surface area contributed by atoms with Crippen LogP contribution in [0.25, 0.3) is 11.7 Å². The second kappa shape index (κ2) is 5.76. The van der Waals surface area contributed by atoms with Crippen LogP contribution in [-0.2, 0) is 0 Å². The van der Waals surface area contributed by atoms with Crippen molar-refractivity contribution in [2.24, 2.45) is 0 Å². The van der Waals surface area contributed by atoms with Crippen molar-refractivity contribution < 1.29 is 8.78 Å². The first kappa shape index (κ1) is 13.4. The van der Waals surface area contributed by atoms with Gasteiger partial charge in [0.05, 0.1) is 0 Å². The fraction of sp³-hybridized carbons (Fsp3) is 0. The Labute approximate surface area is 121 Å². The van der Waals surface area contributed by atoms with E-state index in [9.17, 15) is 8.78 Å². The smallest absolute Gasteiger partial charge is 0.166 e. The summed E-state index contributed by atoms with van der Waals surface area (Å²) in [6, 6.07) is 12.8. The molecule has 0 N–H and O–H groups in total. The number of rotatable bonds is 2. The first-order valence-electron chi connectivity index (χ1n) is 5.15. The summed E-state index contributed by atoms with van der Waals surface area (Å²) in [6.07, 6.45) is 0. The summed E-state index contributed by atoms with van der Waals surface area (Å²) in [5, 5.41) is 0. The van der Waals surface area contributed by atoms with Gasteiger partial charge in [-0.25, -0.2) is 8.78 Å². The quantitative estimate of drug-likeness (QED) is 0.568.